The number of ketones is 1. The van der Waals surface area contributed by atoms with Gasteiger partial charge >= 0.3 is 0 Å². The van der Waals surface area contributed by atoms with E-state index in [1.165, 1.54) is 0 Å². The average molecular weight is 244 g/mol. The predicted molar refractivity (Wildman–Crippen MR) is 69.1 cm³/mol. The van der Waals surface area contributed by atoms with Crippen molar-refractivity contribution in [3.8, 4) is 5.75 Å². The van der Waals surface area contributed by atoms with E-state index in [4.69, 9.17) is 4.74 Å². The molecular weight excluding hydrogens is 228 g/mol. The van der Waals surface area contributed by atoms with Crippen LogP contribution in [-0.4, -0.2) is 22.4 Å². The van der Waals surface area contributed by atoms with Crippen molar-refractivity contribution in [2.45, 2.75) is 13.8 Å². The predicted octanol–water partition coefficient (Wildman–Crippen LogP) is 2.28. The molecule has 1 aromatic carbocycles. The third-order valence-electron chi connectivity index (χ3n) is 2.92. The summed E-state index contributed by atoms with van der Waals surface area (Å²) in [6, 6.07) is 3.73. The molecule has 2 rings (SSSR count). The highest BCUT2D eigenvalue weighted by Crippen LogP contribution is 2.23. The summed E-state index contributed by atoms with van der Waals surface area (Å²) in [5, 5.41) is 0. The molecular formula is C14H16N2O2. The van der Waals surface area contributed by atoms with Gasteiger partial charge in [0, 0.05) is 18.8 Å². The largest absolute Gasteiger partial charge is 0.496 e. The Kier molecular flexibility index (Phi) is 3.19. The number of nitrogens with zero attached hydrogens (tertiary/aromatic N) is 2. The molecule has 1 heterocycles. The molecule has 18 heavy (non-hydrogen) atoms. The molecule has 94 valence electrons. The zero-order valence-electron chi connectivity index (χ0n) is 11.0. The summed E-state index contributed by atoms with van der Waals surface area (Å²) in [7, 11) is 3.47. The number of methoxy groups -OCH3 is 1. The molecule has 0 aliphatic carbocycles. The Morgan fingerprint density at radius 2 is 2.00 bits per heavy atom. The second kappa shape index (κ2) is 4.64. The summed E-state index contributed by atoms with van der Waals surface area (Å²) in [5.74, 6) is 0.740. The quantitative estimate of drug-likeness (QED) is 0.778. The minimum atomic E-state index is -0.0566. The van der Waals surface area contributed by atoms with E-state index in [-0.39, 0.29) is 5.78 Å². The van der Waals surface area contributed by atoms with Crippen LogP contribution in [0, 0.1) is 13.8 Å². The van der Waals surface area contributed by atoms with Crippen molar-refractivity contribution in [1.29, 1.82) is 0 Å². The van der Waals surface area contributed by atoms with Crippen LogP contribution in [0.2, 0.25) is 0 Å². The van der Waals surface area contributed by atoms with Gasteiger partial charge in [-0.05, 0) is 37.1 Å². The minimum absolute atomic E-state index is 0.0566. The van der Waals surface area contributed by atoms with E-state index in [1.807, 2.05) is 33.0 Å². The molecule has 0 atom stereocenters. The van der Waals surface area contributed by atoms with Crippen LogP contribution in [0.15, 0.2) is 24.7 Å². The maximum absolute atomic E-state index is 12.3. The van der Waals surface area contributed by atoms with Crippen LogP contribution in [0.5, 0.6) is 5.75 Å². The number of hydrogen-bond donors (Lipinski definition) is 0. The summed E-state index contributed by atoms with van der Waals surface area (Å²) in [6.07, 6.45) is 3.35. The molecule has 1 aromatic heterocycles. The lowest BCUT2D eigenvalue weighted by molar-refractivity contribution is 0.103. The maximum Gasteiger partial charge on any atom is 0.213 e. The molecule has 0 aliphatic heterocycles. The fourth-order valence-corrected chi connectivity index (χ4v) is 1.92. The van der Waals surface area contributed by atoms with Gasteiger partial charge in [-0.1, -0.05) is 0 Å². The highest BCUT2D eigenvalue weighted by atomic mass is 16.5. The third kappa shape index (κ3) is 2.14. The van der Waals surface area contributed by atoms with Gasteiger partial charge in [0.1, 0.15) is 11.4 Å². The Bertz CT molecular complexity index is 600. The highest BCUT2D eigenvalue weighted by Gasteiger charge is 2.16. The summed E-state index contributed by atoms with van der Waals surface area (Å²) < 4.78 is 7.00. The summed E-state index contributed by atoms with van der Waals surface area (Å²) in [4.78, 5) is 16.4. The molecule has 0 amide bonds. The van der Waals surface area contributed by atoms with E-state index >= 15 is 0 Å². The number of rotatable bonds is 3. The molecule has 0 saturated heterocycles. The van der Waals surface area contributed by atoms with Crippen LogP contribution in [0.3, 0.4) is 0 Å². The number of ether oxygens (including phenoxy) is 1. The second-order valence-electron chi connectivity index (χ2n) is 4.39. The number of aryl methyl sites for hydroxylation is 3. The Balaban J connectivity index is 2.45. The molecule has 0 spiro atoms. The molecule has 4 heteroatoms. The van der Waals surface area contributed by atoms with Crippen LogP contribution in [0.25, 0.3) is 0 Å². The third-order valence-corrected chi connectivity index (χ3v) is 2.92. The fraction of sp³-hybridized carbons (Fsp3) is 0.286. The molecule has 0 fully saturated rings. The van der Waals surface area contributed by atoms with Crippen LogP contribution in [-0.2, 0) is 7.05 Å². The van der Waals surface area contributed by atoms with Crippen molar-refractivity contribution in [3.05, 3.63) is 47.0 Å². The zero-order valence-corrected chi connectivity index (χ0v) is 11.0. The van der Waals surface area contributed by atoms with E-state index in [0.717, 1.165) is 16.9 Å². The second-order valence-corrected chi connectivity index (χ2v) is 4.39. The lowest BCUT2D eigenvalue weighted by atomic mass is 10.00. The van der Waals surface area contributed by atoms with Gasteiger partial charge in [0.2, 0.25) is 5.78 Å². The lowest BCUT2D eigenvalue weighted by Gasteiger charge is -2.09. The topological polar surface area (TPSA) is 44.1 Å². The van der Waals surface area contributed by atoms with Gasteiger partial charge < -0.3 is 9.30 Å². The molecule has 0 N–H and O–H groups in total. The van der Waals surface area contributed by atoms with Crippen molar-refractivity contribution in [2.24, 2.45) is 7.05 Å². The molecule has 2 aromatic rings. The number of carbonyl (C=O) groups is 1. The zero-order chi connectivity index (χ0) is 13.3. The normalized spacial score (nSPS) is 10.4. The van der Waals surface area contributed by atoms with Crippen molar-refractivity contribution in [1.82, 2.24) is 9.55 Å². The summed E-state index contributed by atoms with van der Waals surface area (Å²) >= 11 is 0. The lowest BCUT2D eigenvalue weighted by Crippen LogP contribution is -2.05. The van der Waals surface area contributed by atoms with Gasteiger partial charge in [-0.25, -0.2) is 4.98 Å². The molecule has 4 nitrogen and oxygen atoms in total. The molecule has 0 saturated carbocycles. The van der Waals surface area contributed by atoms with Gasteiger partial charge in [-0.2, -0.15) is 0 Å². The van der Waals surface area contributed by atoms with Crippen LogP contribution in [0.4, 0.5) is 0 Å². The Hall–Kier alpha value is -2.10. The number of aromatic nitrogens is 2. The van der Waals surface area contributed by atoms with Crippen molar-refractivity contribution >= 4 is 5.78 Å². The first kappa shape index (κ1) is 12.4. The first-order chi connectivity index (χ1) is 8.52. The fourth-order valence-electron chi connectivity index (χ4n) is 1.92. The summed E-state index contributed by atoms with van der Waals surface area (Å²) in [6.45, 7) is 3.83. The molecule has 0 aliphatic rings. The Labute approximate surface area is 106 Å². The SMILES string of the molecule is COc1cc(C)c(C(=O)c2cn(C)cn2)cc1C. The highest BCUT2D eigenvalue weighted by molar-refractivity contribution is 6.08. The van der Waals surface area contributed by atoms with Crippen molar-refractivity contribution in [3.63, 3.8) is 0 Å². The number of imidazole rings is 1. The minimum Gasteiger partial charge on any atom is -0.496 e. The smallest absolute Gasteiger partial charge is 0.213 e. The Morgan fingerprint density at radius 3 is 2.56 bits per heavy atom. The molecule has 0 radical (unpaired) electrons. The van der Waals surface area contributed by atoms with Crippen LogP contribution < -0.4 is 4.74 Å². The first-order valence-corrected chi connectivity index (χ1v) is 5.71. The first-order valence-electron chi connectivity index (χ1n) is 5.71. The van der Waals surface area contributed by atoms with Gasteiger partial charge in [-0.3, -0.25) is 4.79 Å². The van der Waals surface area contributed by atoms with E-state index in [9.17, 15) is 4.79 Å². The number of carbonyl (C=O) groups excluding carboxylic acids is 1. The van der Waals surface area contributed by atoms with Crippen LogP contribution >= 0.6 is 0 Å². The maximum atomic E-state index is 12.3. The van der Waals surface area contributed by atoms with Gasteiger partial charge in [-0.15, -0.1) is 0 Å². The monoisotopic (exact) mass is 244 g/mol. The van der Waals surface area contributed by atoms with Crippen LogP contribution in [0.1, 0.15) is 27.2 Å². The molecule has 0 bridgehead atoms. The van der Waals surface area contributed by atoms with E-state index in [1.54, 1.807) is 24.2 Å². The van der Waals surface area contributed by atoms with E-state index in [2.05, 4.69) is 4.98 Å². The van der Waals surface area contributed by atoms with Gasteiger partial charge in [0.15, 0.2) is 0 Å². The van der Waals surface area contributed by atoms with Gasteiger partial charge in [0.25, 0.3) is 0 Å². The standard InChI is InChI=1S/C14H16N2O2/c1-9-6-13(18-4)10(2)5-11(9)14(17)12-7-16(3)8-15-12/h5-8H,1-4H3. The number of benzene rings is 1. The van der Waals surface area contributed by atoms with Gasteiger partial charge in [0.05, 0.1) is 13.4 Å². The summed E-state index contributed by atoms with van der Waals surface area (Å²) in [5.41, 5.74) is 2.98. The number of hydrogen-bond acceptors (Lipinski definition) is 3. The Morgan fingerprint density at radius 1 is 1.28 bits per heavy atom. The average Bonchev–Trinajstić information content (AvgIpc) is 2.77. The molecule has 0 unspecified atom stereocenters. The van der Waals surface area contributed by atoms with E-state index < -0.39 is 0 Å². The van der Waals surface area contributed by atoms with Crippen molar-refractivity contribution in [2.75, 3.05) is 7.11 Å². The van der Waals surface area contributed by atoms with E-state index in [0.29, 0.717) is 11.3 Å². The van der Waals surface area contributed by atoms with Crippen molar-refractivity contribution < 1.29 is 9.53 Å².